The van der Waals surface area contributed by atoms with Crippen LogP contribution in [0.5, 0.6) is 0 Å². The standard InChI is InChI=1S/C16H9F6N3O2S/c17-8-1-2-13(23-6-8)15-3-9(7-24-15)28(26,27)25-14-5-11(18)10(4-12(14)19)16(20,21)22/h1-7,24-25H. The Bertz CT molecular complexity index is 1120. The Labute approximate surface area is 154 Å². The fourth-order valence-corrected chi connectivity index (χ4v) is 3.31. The van der Waals surface area contributed by atoms with Crippen molar-refractivity contribution in [2.75, 3.05) is 4.72 Å². The third-order valence-electron chi connectivity index (χ3n) is 3.58. The first-order valence-corrected chi connectivity index (χ1v) is 8.85. The summed E-state index contributed by atoms with van der Waals surface area (Å²) < 4.78 is 104. The summed E-state index contributed by atoms with van der Waals surface area (Å²) in [4.78, 5) is 5.89. The van der Waals surface area contributed by atoms with Crippen LogP contribution in [0.15, 0.2) is 47.6 Å². The summed E-state index contributed by atoms with van der Waals surface area (Å²) >= 11 is 0. The van der Waals surface area contributed by atoms with Gasteiger partial charge in [-0.2, -0.15) is 13.2 Å². The Morgan fingerprint density at radius 2 is 1.71 bits per heavy atom. The molecule has 0 radical (unpaired) electrons. The highest BCUT2D eigenvalue weighted by Crippen LogP contribution is 2.34. The van der Waals surface area contributed by atoms with Crippen LogP contribution in [0.1, 0.15) is 5.56 Å². The van der Waals surface area contributed by atoms with Crippen LogP contribution in [-0.2, 0) is 16.2 Å². The van der Waals surface area contributed by atoms with E-state index < -0.39 is 49.8 Å². The van der Waals surface area contributed by atoms with Gasteiger partial charge in [0, 0.05) is 12.3 Å². The number of aromatic nitrogens is 2. The van der Waals surface area contributed by atoms with Crippen molar-refractivity contribution in [3.63, 3.8) is 0 Å². The van der Waals surface area contributed by atoms with Crippen molar-refractivity contribution >= 4 is 15.7 Å². The number of nitrogens with zero attached hydrogens (tertiary/aromatic N) is 1. The molecule has 28 heavy (non-hydrogen) atoms. The number of alkyl halides is 3. The van der Waals surface area contributed by atoms with Crippen LogP contribution in [0.2, 0.25) is 0 Å². The topological polar surface area (TPSA) is 74.8 Å². The molecule has 2 aromatic heterocycles. The van der Waals surface area contributed by atoms with E-state index >= 15 is 0 Å². The second-order valence-corrected chi connectivity index (χ2v) is 7.21. The molecule has 2 heterocycles. The molecule has 1 aromatic carbocycles. The Morgan fingerprint density at radius 3 is 2.32 bits per heavy atom. The van der Waals surface area contributed by atoms with Crippen molar-refractivity contribution in [3.05, 3.63) is 65.7 Å². The zero-order valence-corrected chi connectivity index (χ0v) is 14.3. The van der Waals surface area contributed by atoms with Crippen molar-refractivity contribution in [2.45, 2.75) is 11.1 Å². The average Bonchev–Trinajstić information content (AvgIpc) is 3.08. The number of aromatic amines is 1. The molecule has 0 fully saturated rings. The zero-order valence-electron chi connectivity index (χ0n) is 13.5. The van der Waals surface area contributed by atoms with Crippen LogP contribution in [0, 0.1) is 17.5 Å². The Morgan fingerprint density at radius 1 is 1.00 bits per heavy atom. The molecule has 0 aliphatic heterocycles. The minimum atomic E-state index is -5.14. The summed E-state index contributed by atoms with van der Waals surface area (Å²) in [6.07, 6.45) is -3.23. The van der Waals surface area contributed by atoms with Crippen LogP contribution in [0.25, 0.3) is 11.4 Å². The first-order valence-electron chi connectivity index (χ1n) is 7.37. The Kier molecular flexibility index (Phi) is 4.83. The molecule has 0 atom stereocenters. The van der Waals surface area contributed by atoms with E-state index in [0.29, 0.717) is 0 Å². The molecule has 2 N–H and O–H groups in total. The maximum Gasteiger partial charge on any atom is 0.419 e. The van der Waals surface area contributed by atoms with E-state index in [9.17, 15) is 34.8 Å². The minimum Gasteiger partial charge on any atom is -0.359 e. The highest BCUT2D eigenvalue weighted by molar-refractivity contribution is 7.92. The molecule has 0 unspecified atom stereocenters. The van der Waals surface area contributed by atoms with Gasteiger partial charge >= 0.3 is 6.18 Å². The Hall–Kier alpha value is -3.02. The minimum absolute atomic E-state index is 0.102. The van der Waals surface area contributed by atoms with Crippen LogP contribution in [0.4, 0.5) is 32.0 Å². The lowest BCUT2D eigenvalue weighted by molar-refractivity contribution is -0.140. The summed E-state index contributed by atoms with van der Waals surface area (Å²) in [6, 6.07) is 3.41. The fourth-order valence-electron chi connectivity index (χ4n) is 2.26. The molecule has 0 bridgehead atoms. The molecule has 0 spiro atoms. The number of anilines is 1. The highest BCUT2D eigenvalue weighted by atomic mass is 32.2. The van der Waals surface area contributed by atoms with Crippen molar-refractivity contribution in [1.82, 2.24) is 9.97 Å². The largest absolute Gasteiger partial charge is 0.419 e. The van der Waals surface area contributed by atoms with Gasteiger partial charge in [0.05, 0.1) is 28.8 Å². The summed E-state index contributed by atoms with van der Waals surface area (Å²) in [5, 5.41) is 0. The predicted octanol–water partition coefficient (Wildman–Crippen LogP) is 4.31. The summed E-state index contributed by atoms with van der Waals surface area (Å²) in [5.41, 5.74) is -2.47. The van der Waals surface area contributed by atoms with E-state index in [1.165, 1.54) is 6.07 Å². The van der Waals surface area contributed by atoms with Crippen molar-refractivity contribution in [1.29, 1.82) is 0 Å². The predicted molar refractivity (Wildman–Crippen MR) is 86.2 cm³/mol. The third kappa shape index (κ3) is 3.96. The third-order valence-corrected chi connectivity index (χ3v) is 4.92. The van der Waals surface area contributed by atoms with Gasteiger partial charge in [-0.3, -0.25) is 9.71 Å². The van der Waals surface area contributed by atoms with Gasteiger partial charge in [-0.15, -0.1) is 0 Å². The van der Waals surface area contributed by atoms with Crippen molar-refractivity contribution < 1.29 is 34.8 Å². The van der Waals surface area contributed by atoms with E-state index in [1.807, 2.05) is 0 Å². The zero-order chi connectivity index (χ0) is 20.7. The molecule has 0 aliphatic rings. The molecule has 0 saturated heterocycles. The van der Waals surface area contributed by atoms with Gasteiger partial charge in [-0.1, -0.05) is 0 Å². The van der Waals surface area contributed by atoms with Crippen LogP contribution >= 0.6 is 0 Å². The van der Waals surface area contributed by atoms with Gasteiger partial charge in [-0.05, 0) is 24.3 Å². The first kappa shape index (κ1) is 19.7. The van der Waals surface area contributed by atoms with Crippen LogP contribution < -0.4 is 4.72 Å². The lowest BCUT2D eigenvalue weighted by Gasteiger charge is -2.12. The number of nitrogens with one attached hydrogen (secondary N) is 2. The average molecular weight is 421 g/mol. The van der Waals surface area contributed by atoms with E-state index in [1.54, 1.807) is 4.72 Å². The maximum absolute atomic E-state index is 13.9. The lowest BCUT2D eigenvalue weighted by atomic mass is 10.2. The van der Waals surface area contributed by atoms with Gasteiger partial charge in [0.1, 0.15) is 22.3 Å². The number of pyridine rings is 1. The maximum atomic E-state index is 13.9. The number of halogens is 6. The SMILES string of the molecule is O=S(=O)(Nc1cc(F)c(C(F)(F)F)cc1F)c1c[nH]c(-c2ccc(F)cn2)c1. The highest BCUT2D eigenvalue weighted by Gasteiger charge is 2.35. The number of H-pyrrole nitrogens is 1. The van der Waals surface area contributed by atoms with Gasteiger partial charge in [0.2, 0.25) is 0 Å². The molecule has 0 aliphatic carbocycles. The fraction of sp³-hybridized carbons (Fsp3) is 0.0625. The van der Waals surface area contributed by atoms with Gasteiger partial charge in [0.25, 0.3) is 10.0 Å². The summed E-state index contributed by atoms with van der Waals surface area (Å²) in [6.45, 7) is 0. The smallest absolute Gasteiger partial charge is 0.359 e. The molecule has 148 valence electrons. The molecule has 0 amide bonds. The second-order valence-electron chi connectivity index (χ2n) is 5.53. The summed E-state index contributed by atoms with van der Waals surface area (Å²) in [7, 11) is -4.47. The number of hydrogen-bond donors (Lipinski definition) is 2. The molecule has 3 aromatic rings. The quantitative estimate of drug-likeness (QED) is 0.617. The number of sulfonamides is 1. The van der Waals surface area contributed by atoms with E-state index in [-0.39, 0.29) is 23.5 Å². The number of hydrogen-bond acceptors (Lipinski definition) is 3. The van der Waals surface area contributed by atoms with Crippen LogP contribution in [-0.4, -0.2) is 18.4 Å². The molecule has 0 saturated carbocycles. The number of rotatable bonds is 4. The van der Waals surface area contributed by atoms with Gasteiger partial charge < -0.3 is 4.98 Å². The van der Waals surface area contributed by atoms with Gasteiger partial charge in [0.15, 0.2) is 0 Å². The normalized spacial score (nSPS) is 12.2. The van der Waals surface area contributed by atoms with Crippen LogP contribution in [0.3, 0.4) is 0 Å². The summed E-state index contributed by atoms with van der Waals surface area (Å²) in [5.74, 6) is -4.05. The monoisotopic (exact) mass is 421 g/mol. The molecule has 5 nitrogen and oxygen atoms in total. The molecule has 12 heteroatoms. The Balaban J connectivity index is 1.91. The van der Waals surface area contributed by atoms with E-state index in [0.717, 1.165) is 24.5 Å². The van der Waals surface area contributed by atoms with Crippen molar-refractivity contribution in [3.8, 4) is 11.4 Å². The van der Waals surface area contributed by atoms with E-state index in [2.05, 4.69) is 9.97 Å². The molecular weight excluding hydrogens is 412 g/mol. The number of benzene rings is 1. The lowest BCUT2D eigenvalue weighted by Crippen LogP contribution is -2.15. The second kappa shape index (κ2) is 6.86. The first-order chi connectivity index (χ1) is 13.0. The van der Waals surface area contributed by atoms with Crippen molar-refractivity contribution in [2.24, 2.45) is 0 Å². The molecule has 3 rings (SSSR count). The molecular formula is C16H9F6N3O2S. The van der Waals surface area contributed by atoms with Gasteiger partial charge in [-0.25, -0.2) is 21.6 Å². The van der Waals surface area contributed by atoms with E-state index in [4.69, 9.17) is 0 Å².